The zero-order chi connectivity index (χ0) is 15.3. The Morgan fingerprint density at radius 2 is 1.86 bits per heavy atom. The highest BCUT2D eigenvalue weighted by Gasteiger charge is 2.17. The predicted octanol–water partition coefficient (Wildman–Crippen LogP) is 2.65. The number of anilines is 1. The van der Waals surface area contributed by atoms with Gasteiger partial charge in [-0.05, 0) is 36.4 Å². The van der Waals surface area contributed by atoms with Gasteiger partial charge in [-0.25, -0.2) is 13.4 Å². The molecule has 0 atom stereocenters. The van der Waals surface area contributed by atoms with Gasteiger partial charge in [-0.1, -0.05) is 22.0 Å². The molecule has 0 fully saturated rings. The molecule has 0 bridgehead atoms. The van der Waals surface area contributed by atoms with Crippen molar-refractivity contribution >= 4 is 37.4 Å². The summed E-state index contributed by atoms with van der Waals surface area (Å²) in [6.45, 7) is 0. The van der Waals surface area contributed by atoms with Crippen LogP contribution in [0.15, 0.2) is 58.2 Å². The van der Waals surface area contributed by atoms with E-state index in [-0.39, 0.29) is 23.1 Å². The van der Waals surface area contributed by atoms with E-state index in [2.05, 4.69) is 26.2 Å². The molecule has 0 unspecified atom stereocenters. The molecule has 7 heteroatoms. The van der Waals surface area contributed by atoms with Gasteiger partial charge in [0.15, 0.2) is 14.9 Å². The monoisotopic (exact) mass is 368 g/mol. The second-order valence-corrected chi connectivity index (χ2v) is 7.26. The number of hydrogen-bond donors (Lipinski definition) is 1. The minimum atomic E-state index is -3.53. The molecule has 2 aromatic rings. The topological polar surface area (TPSA) is 76.1 Å². The average Bonchev–Trinajstić information content (AvgIpc) is 2.49. The van der Waals surface area contributed by atoms with E-state index >= 15 is 0 Å². The van der Waals surface area contributed by atoms with E-state index in [4.69, 9.17) is 0 Å². The molecule has 0 aliphatic rings. The molecule has 1 aromatic heterocycles. The van der Waals surface area contributed by atoms with Gasteiger partial charge in [0.05, 0.1) is 5.75 Å². The largest absolute Gasteiger partial charge is 0.326 e. The summed E-state index contributed by atoms with van der Waals surface area (Å²) >= 11 is 3.30. The molecule has 21 heavy (non-hydrogen) atoms. The first-order valence-electron chi connectivity index (χ1n) is 6.16. The lowest BCUT2D eigenvalue weighted by molar-refractivity contribution is -0.115. The van der Waals surface area contributed by atoms with Crippen molar-refractivity contribution in [2.24, 2.45) is 0 Å². The van der Waals surface area contributed by atoms with Gasteiger partial charge in [-0.15, -0.1) is 0 Å². The molecule has 0 spiro atoms. The second kappa shape index (κ2) is 6.82. The maximum Gasteiger partial charge on any atom is 0.225 e. The van der Waals surface area contributed by atoms with Crippen LogP contribution in [-0.4, -0.2) is 25.1 Å². The van der Waals surface area contributed by atoms with Gasteiger partial charge >= 0.3 is 0 Å². The summed E-state index contributed by atoms with van der Waals surface area (Å²) in [5.41, 5.74) is 0.624. The number of aromatic nitrogens is 1. The van der Waals surface area contributed by atoms with Crippen LogP contribution in [0, 0.1) is 0 Å². The smallest absolute Gasteiger partial charge is 0.225 e. The third-order valence-corrected chi connectivity index (χ3v) is 4.83. The number of halogens is 1. The molecule has 1 N–H and O–H groups in total. The van der Waals surface area contributed by atoms with E-state index in [1.54, 1.807) is 36.4 Å². The summed E-state index contributed by atoms with van der Waals surface area (Å²) in [6.07, 6.45) is 1.30. The molecule has 5 nitrogen and oxygen atoms in total. The van der Waals surface area contributed by atoms with Gasteiger partial charge in [-0.3, -0.25) is 4.79 Å². The fourth-order valence-electron chi connectivity index (χ4n) is 1.62. The molecular weight excluding hydrogens is 356 g/mol. The van der Waals surface area contributed by atoms with Gasteiger partial charge in [0.1, 0.15) is 0 Å². The summed E-state index contributed by atoms with van der Waals surface area (Å²) in [7, 11) is -3.53. The van der Waals surface area contributed by atoms with Crippen molar-refractivity contribution in [1.29, 1.82) is 0 Å². The highest BCUT2D eigenvalue weighted by Crippen LogP contribution is 2.14. The number of rotatable bonds is 5. The van der Waals surface area contributed by atoms with Crippen molar-refractivity contribution in [2.75, 3.05) is 11.1 Å². The van der Waals surface area contributed by atoms with Crippen molar-refractivity contribution < 1.29 is 13.2 Å². The minimum Gasteiger partial charge on any atom is -0.326 e. The molecule has 2 rings (SSSR count). The molecule has 110 valence electrons. The van der Waals surface area contributed by atoms with Crippen LogP contribution < -0.4 is 5.32 Å². The van der Waals surface area contributed by atoms with E-state index in [1.807, 2.05) is 0 Å². The fraction of sp³-hybridized carbons (Fsp3) is 0.143. The van der Waals surface area contributed by atoms with Crippen LogP contribution in [0.4, 0.5) is 5.69 Å². The number of nitrogens with zero attached hydrogens (tertiary/aromatic N) is 1. The van der Waals surface area contributed by atoms with Gasteiger partial charge in [0.25, 0.3) is 0 Å². The van der Waals surface area contributed by atoms with Crippen LogP contribution in [0.5, 0.6) is 0 Å². The Hall–Kier alpha value is -1.73. The Morgan fingerprint density at radius 1 is 1.14 bits per heavy atom. The van der Waals surface area contributed by atoms with E-state index in [9.17, 15) is 13.2 Å². The van der Waals surface area contributed by atoms with Crippen LogP contribution in [0.25, 0.3) is 0 Å². The lowest BCUT2D eigenvalue weighted by Gasteiger charge is -2.06. The number of carbonyl (C=O) groups is 1. The van der Waals surface area contributed by atoms with Gasteiger partial charge < -0.3 is 5.32 Å². The highest BCUT2D eigenvalue weighted by atomic mass is 79.9. The van der Waals surface area contributed by atoms with Crippen LogP contribution in [0.1, 0.15) is 6.42 Å². The molecule has 0 aliphatic heterocycles. The first-order chi connectivity index (χ1) is 9.97. The number of nitrogens with one attached hydrogen (secondary N) is 1. The molecule has 0 saturated heterocycles. The number of amides is 1. The highest BCUT2D eigenvalue weighted by molar-refractivity contribution is 9.10. The van der Waals surface area contributed by atoms with E-state index in [0.717, 1.165) is 4.47 Å². The lowest BCUT2D eigenvalue weighted by atomic mass is 10.3. The van der Waals surface area contributed by atoms with Crippen molar-refractivity contribution in [3.63, 3.8) is 0 Å². The Kier molecular flexibility index (Phi) is 5.08. The number of hydrogen-bond acceptors (Lipinski definition) is 4. The van der Waals surface area contributed by atoms with Crippen LogP contribution in [0.3, 0.4) is 0 Å². The van der Waals surface area contributed by atoms with E-state index in [1.165, 1.54) is 12.3 Å². The molecule has 1 heterocycles. The quantitative estimate of drug-likeness (QED) is 0.879. The van der Waals surface area contributed by atoms with E-state index < -0.39 is 9.84 Å². The number of pyridine rings is 1. The molecular formula is C14H13BrN2O3S. The number of sulfone groups is 1. The molecule has 1 aromatic carbocycles. The summed E-state index contributed by atoms with van der Waals surface area (Å²) in [5, 5.41) is 2.64. The number of carbonyl (C=O) groups excluding carboxylic acids is 1. The Labute approximate surface area is 131 Å². The first kappa shape index (κ1) is 15.7. The average molecular weight is 369 g/mol. The minimum absolute atomic E-state index is 0.0126. The van der Waals surface area contributed by atoms with Crippen LogP contribution in [-0.2, 0) is 14.6 Å². The van der Waals surface area contributed by atoms with Crippen molar-refractivity contribution in [3.05, 3.63) is 53.1 Å². The SMILES string of the molecule is O=C(CCS(=O)(=O)c1ccccn1)Nc1ccc(Br)cc1. The van der Waals surface area contributed by atoms with Crippen LogP contribution >= 0.6 is 15.9 Å². The summed E-state index contributed by atoms with van der Waals surface area (Å²) in [5.74, 6) is -0.622. The van der Waals surface area contributed by atoms with Gasteiger partial charge in [-0.2, -0.15) is 0 Å². The second-order valence-electron chi connectivity index (χ2n) is 4.29. The first-order valence-corrected chi connectivity index (χ1v) is 8.61. The lowest BCUT2D eigenvalue weighted by Crippen LogP contribution is -2.17. The maximum atomic E-state index is 12.0. The zero-order valence-corrected chi connectivity index (χ0v) is 13.4. The van der Waals surface area contributed by atoms with E-state index in [0.29, 0.717) is 5.69 Å². The fourth-order valence-corrected chi connectivity index (χ4v) is 3.05. The zero-order valence-electron chi connectivity index (χ0n) is 11.0. The summed E-state index contributed by atoms with van der Waals surface area (Å²) < 4.78 is 24.9. The van der Waals surface area contributed by atoms with Crippen molar-refractivity contribution in [2.45, 2.75) is 11.4 Å². The van der Waals surface area contributed by atoms with Crippen LogP contribution in [0.2, 0.25) is 0 Å². The molecule has 1 amide bonds. The summed E-state index contributed by atoms with van der Waals surface area (Å²) in [6, 6.07) is 11.7. The third kappa shape index (κ3) is 4.64. The normalized spacial score (nSPS) is 11.1. The van der Waals surface area contributed by atoms with Crippen molar-refractivity contribution in [3.8, 4) is 0 Å². The molecule has 0 radical (unpaired) electrons. The third-order valence-electron chi connectivity index (χ3n) is 2.68. The van der Waals surface area contributed by atoms with Gasteiger partial charge in [0, 0.05) is 22.8 Å². The molecule has 0 saturated carbocycles. The maximum absolute atomic E-state index is 12.0. The van der Waals surface area contributed by atoms with Crippen molar-refractivity contribution in [1.82, 2.24) is 4.98 Å². The predicted molar refractivity (Wildman–Crippen MR) is 83.7 cm³/mol. The number of benzene rings is 1. The standard InChI is InChI=1S/C14H13BrN2O3S/c15-11-4-6-12(7-5-11)17-13(18)8-10-21(19,20)14-3-1-2-9-16-14/h1-7,9H,8,10H2,(H,17,18). The Balaban J connectivity index is 1.93. The molecule has 0 aliphatic carbocycles. The Morgan fingerprint density at radius 3 is 2.48 bits per heavy atom. The van der Waals surface area contributed by atoms with Gasteiger partial charge in [0.2, 0.25) is 5.91 Å². The Bertz CT molecular complexity index is 716. The summed E-state index contributed by atoms with van der Waals surface area (Å²) in [4.78, 5) is 15.6.